The van der Waals surface area contributed by atoms with Crippen LogP contribution in [0.3, 0.4) is 0 Å². The van der Waals surface area contributed by atoms with Crippen molar-refractivity contribution >= 4 is 12.0 Å². The van der Waals surface area contributed by atoms with E-state index in [1.807, 2.05) is 0 Å². The summed E-state index contributed by atoms with van der Waals surface area (Å²) >= 11 is 0. The zero-order chi connectivity index (χ0) is 15.2. The van der Waals surface area contributed by atoms with Crippen LogP contribution in [-0.4, -0.2) is 76.9 Å². The number of nitrogens with zero attached hydrogens (tertiary/aromatic N) is 2. The number of piperazine rings is 1. The molecule has 1 saturated heterocycles. The molecule has 0 aromatic rings. The van der Waals surface area contributed by atoms with Gasteiger partial charge in [-0.05, 0) is 20.3 Å². The summed E-state index contributed by atoms with van der Waals surface area (Å²) < 4.78 is 0. The average Bonchev–Trinajstić information content (AvgIpc) is 2.33. The minimum Gasteiger partial charge on any atom is -0.481 e. The topological polar surface area (TPSA) is 93.1 Å². The summed E-state index contributed by atoms with van der Waals surface area (Å²) in [7, 11) is 0. The van der Waals surface area contributed by atoms with Crippen LogP contribution in [0, 0.1) is 0 Å². The Bertz CT molecular complexity index is 333. The quantitative estimate of drug-likeness (QED) is 0.596. The molecule has 1 aliphatic rings. The Kier molecular flexibility index (Phi) is 6.22. The lowest BCUT2D eigenvalue weighted by Gasteiger charge is -2.37. The number of amides is 2. The van der Waals surface area contributed by atoms with Gasteiger partial charge in [0.15, 0.2) is 0 Å². The summed E-state index contributed by atoms with van der Waals surface area (Å²) in [5.41, 5.74) is -0.721. The first-order valence-corrected chi connectivity index (χ1v) is 6.97. The second kappa shape index (κ2) is 7.44. The molecular formula is C13H25N3O4. The molecule has 0 saturated carbocycles. The molecule has 0 spiro atoms. The van der Waals surface area contributed by atoms with E-state index in [1.165, 1.54) is 0 Å². The second-order valence-electron chi connectivity index (χ2n) is 5.80. The molecule has 7 nitrogen and oxygen atoms in total. The Balaban J connectivity index is 2.20. The summed E-state index contributed by atoms with van der Waals surface area (Å²) in [4.78, 5) is 26.0. The molecule has 3 N–H and O–H groups in total. The second-order valence-corrected chi connectivity index (χ2v) is 5.80. The van der Waals surface area contributed by atoms with E-state index in [-0.39, 0.29) is 12.5 Å². The van der Waals surface area contributed by atoms with Crippen LogP contribution in [0.1, 0.15) is 26.7 Å². The number of carbonyl (C=O) groups is 2. The fraction of sp³-hybridized carbons (Fsp3) is 0.846. The van der Waals surface area contributed by atoms with Crippen molar-refractivity contribution in [2.75, 3.05) is 39.3 Å². The number of carbonyl (C=O) groups excluding carboxylic acids is 1. The van der Waals surface area contributed by atoms with Crippen LogP contribution >= 0.6 is 0 Å². The van der Waals surface area contributed by atoms with Gasteiger partial charge in [0.1, 0.15) is 0 Å². The van der Waals surface area contributed by atoms with Crippen molar-refractivity contribution in [2.45, 2.75) is 32.3 Å². The summed E-state index contributed by atoms with van der Waals surface area (Å²) in [5.74, 6) is -0.848. The number of carboxylic acid groups (broad SMARTS) is 1. The molecule has 1 heterocycles. The van der Waals surface area contributed by atoms with Gasteiger partial charge in [0.2, 0.25) is 0 Å². The van der Waals surface area contributed by atoms with Crippen molar-refractivity contribution in [2.24, 2.45) is 0 Å². The van der Waals surface area contributed by atoms with E-state index in [0.717, 1.165) is 13.1 Å². The molecule has 0 radical (unpaired) electrons. The van der Waals surface area contributed by atoms with Crippen LogP contribution in [-0.2, 0) is 4.79 Å². The van der Waals surface area contributed by atoms with Gasteiger partial charge in [-0.15, -0.1) is 0 Å². The van der Waals surface area contributed by atoms with Gasteiger partial charge in [-0.3, -0.25) is 9.69 Å². The van der Waals surface area contributed by atoms with Gasteiger partial charge in [0, 0.05) is 45.7 Å². The van der Waals surface area contributed by atoms with Gasteiger partial charge < -0.3 is 20.4 Å². The van der Waals surface area contributed by atoms with Crippen molar-refractivity contribution in [3.05, 3.63) is 0 Å². The lowest BCUT2D eigenvalue weighted by atomic mass is 10.1. The lowest BCUT2D eigenvalue weighted by Crippen LogP contribution is -2.54. The molecule has 0 aromatic heterocycles. The van der Waals surface area contributed by atoms with E-state index in [2.05, 4.69) is 10.2 Å². The number of rotatable bonds is 6. The van der Waals surface area contributed by atoms with E-state index >= 15 is 0 Å². The maximum Gasteiger partial charge on any atom is 0.317 e. The molecule has 0 aromatic carbocycles. The third-order valence-electron chi connectivity index (χ3n) is 3.11. The summed E-state index contributed by atoms with van der Waals surface area (Å²) in [6, 6.07) is -0.140. The number of β-amino-alcohol motifs (C(OH)–C–C–N with tert-alkyl or cyclic N) is 1. The molecule has 20 heavy (non-hydrogen) atoms. The standard InChI is InChI=1S/C13H25N3O4/c1-13(2,20)10-15-6-8-16(9-7-15)12(19)14-5-3-4-11(17)18/h20H,3-10H2,1-2H3,(H,14,19)(H,17,18). The normalized spacial score (nSPS) is 17.1. The number of aliphatic carboxylic acids is 1. The van der Waals surface area contributed by atoms with Crippen LogP contribution in [0.4, 0.5) is 4.79 Å². The Morgan fingerprint density at radius 2 is 1.80 bits per heavy atom. The van der Waals surface area contributed by atoms with Crippen LogP contribution in [0.15, 0.2) is 0 Å². The monoisotopic (exact) mass is 287 g/mol. The number of carboxylic acids is 1. The van der Waals surface area contributed by atoms with E-state index in [4.69, 9.17) is 5.11 Å². The van der Waals surface area contributed by atoms with Crippen LogP contribution in [0.25, 0.3) is 0 Å². The third kappa shape index (κ3) is 6.72. The minimum atomic E-state index is -0.848. The van der Waals surface area contributed by atoms with Crippen molar-refractivity contribution in [3.8, 4) is 0 Å². The number of hydrogen-bond acceptors (Lipinski definition) is 4. The fourth-order valence-corrected chi connectivity index (χ4v) is 2.20. The van der Waals surface area contributed by atoms with E-state index in [9.17, 15) is 14.7 Å². The molecule has 1 aliphatic heterocycles. The number of hydrogen-bond donors (Lipinski definition) is 3. The van der Waals surface area contributed by atoms with Crippen molar-refractivity contribution in [1.82, 2.24) is 15.1 Å². The maximum absolute atomic E-state index is 11.8. The van der Waals surface area contributed by atoms with E-state index < -0.39 is 11.6 Å². The van der Waals surface area contributed by atoms with E-state index in [1.54, 1.807) is 18.7 Å². The molecule has 2 amide bonds. The number of urea groups is 1. The minimum absolute atomic E-state index is 0.0691. The van der Waals surface area contributed by atoms with Gasteiger partial charge in [0.05, 0.1) is 5.60 Å². The van der Waals surface area contributed by atoms with Gasteiger partial charge in [-0.2, -0.15) is 0 Å². The maximum atomic E-state index is 11.8. The lowest BCUT2D eigenvalue weighted by molar-refractivity contribution is -0.137. The smallest absolute Gasteiger partial charge is 0.317 e. The molecule has 1 fully saturated rings. The summed E-state index contributed by atoms with van der Waals surface area (Å²) in [5, 5.41) is 21.0. The SMILES string of the molecule is CC(C)(O)CN1CCN(C(=O)NCCCC(=O)O)CC1. The molecule has 116 valence electrons. The summed E-state index contributed by atoms with van der Waals surface area (Å²) in [6.45, 7) is 7.26. The van der Waals surface area contributed by atoms with Gasteiger partial charge in [-0.25, -0.2) is 4.79 Å². The zero-order valence-corrected chi connectivity index (χ0v) is 12.3. The average molecular weight is 287 g/mol. The Morgan fingerprint density at radius 3 is 2.30 bits per heavy atom. The predicted molar refractivity (Wildman–Crippen MR) is 74.6 cm³/mol. The largest absolute Gasteiger partial charge is 0.481 e. The molecule has 0 unspecified atom stereocenters. The highest BCUT2D eigenvalue weighted by Gasteiger charge is 2.24. The highest BCUT2D eigenvalue weighted by atomic mass is 16.4. The van der Waals surface area contributed by atoms with Crippen LogP contribution < -0.4 is 5.32 Å². The van der Waals surface area contributed by atoms with Gasteiger partial charge in [0.25, 0.3) is 0 Å². The highest BCUT2D eigenvalue weighted by molar-refractivity contribution is 5.74. The number of nitrogens with one attached hydrogen (secondary N) is 1. The summed E-state index contributed by atoms with van der Waals surface area (Å²) in [6.07, 6.45) is 0.513. The molecule has 0 atom stereocenters. The molecule has 7 heteroatoms. The first kappa shape index (κ1) is 16.7. The molecule has 1 rings (SSSR count). The van der Waals surface area contributed by atoms with Gasteiger partial charge >= 0.3 is 12.0 Å². The Morgan fingerprint density at radius 1 is 1.20 bits per heavy atom. The predicted octanol–water partition coefficient (Wildman–Crippen LogP) is -0.0507. The zero-order valence-electron chi connectivity index (χ0n) is 12.3. The highest BCUT2D eigenvalue weighted by Crippen LogP contribution is 2.08. The van der Waals surface area contributed by atoms with E-state index in [0.29, 0.717) is 32.6 Å². The molecule has 0 bridgehead atoms. The first-order chi connectivity index (χ1) is 9.28. The third-order valence-corrected chi connectivity index (χ3v) is 3.11. The van der Waals surface area contributed by atoms with Gasteiger partial charge in [-0.1, -0.05) is 0 Å². The van der Waals surface area contributed by atoms with Crippen LogP contribution in [0.5, 0.6) is 0 Å². The van der Waals surface area contributed by atoms with Crippen molar-refractivity contribution in [1.29, 1.82) is 0 Å². The number of aliphatic hydroxyl groups is 1. The first-order valence-electron chi connectivity index (χ1n) is 6.97. The Hall–Kier alpha value is -1.34. The van der Waals surface area contributed by atoms with Crippen molar-refractivity contribution in [3.63, 3.8) is 0 Å². The fourth-order valence-electron chi connectivity index (χ4n) is 2.20. The Labute approximate surface area is 119 Å². The van der Waals surface area contributed by atoms with Crippen molar-refractivity contribution < 1.29 is 19.8 Å². The molecule has 0 aliphatic carbocycles. The molecular weight excluding hydrogens is 262 g/mol. The van der Waals surface area contributed by atoms with Crippen LogP contribution in [0.2, 0.25) is 0 Å².